The maximum absolute atomic E-state index is 4.81. The molecule has 1 aromatic carbocycles. The van der Waals surface area contributed by atoms with Crippen molar-refractivity contribution < 1.29 is 0 Å². The topological polar surface area (TPSA) is 24.9 Å². The standard InChI is InChI=1S/C17H22N2S/c1-17(2,3)15-11-20-16(19-15)10-13-9-8-12-6-4-5-7-14(12)18-13/h4-7,11,13,18H,8-10H2,1-3H3. The van der Waals surface area contributed by atoms with Crippen molar-refractivity contribution in [1.82, 2.24) is 4.98 Å². The molecule has 1 atom stereocenters. The highest BCUT2D eigenvalue weighted by atomic mass is 32.1. The Hall–Kier alpha value is -1.35. The van der Waals surface area contributed by atoms with E-state index in [1.54, 1.807) is 11.3 Å². The van der Waals surface area contributed by atoms with Crippen molar-refractivity contribution >= 4 is 17.0 Å². The zero-order valence-electron chi connectivity index (χ0n) is 12.4. The number of nitrogens with zero attached hydrogens (tertiary/aromatic N) is 1. The molecule has 1 N–H and O–H groups in total. The van der Waals surface area contributed by atoms with Gasteiger partial charge in [-0.2, -0.15) is 0 Å². The number of anilines is 1. The van der Waals surface area contributed by atoms with Crippen molar-refractivity contribution in [3.05, 3.63) is 45.9 Å². The second kappa shape index (κ2) is 5.21. The third-order valence-electron chi connectivity index (χ3n) is 3.88. The number of fused-ring (bicyclic) bond motifs is 1. The van der Waals surface area contributed by atoms with Crippen LogP contribution in [0.4, 0.5) is 5.69 Å². The molecule has 1 aliphatic heterocycles. The van der Waals surface area contributed by atoms with Gasteiger partial charge in [0, 0.05) is 28.9 Å². The van der Waals surface area contributed by atoms with E-state index < -0.39 is 0 Å². The lowest BCUT2D eigenvalue weighted by Crippen LogP contribution is -2.27. The molecule has 20 heavy (non-hydrogen) atoms. The third kappa shape index (κ3) is 2.88. The normalized spacial score (nSPS) is 18.4. The van der Waals surface area contributed by atoms with Gasteiger partial charge in [0.05, 0.1) is 10.7 Å². The Morgan fingerprint density at radius 3 is 2.85 bits per heavy atom. The van der Waals surface area contributed by atoms with E-state index in [0.717, 1.165) is 6.42 Å². The fraction of sp³-hybridized carbons (Fsp3) is 0.471. The van der Waals surface area contributed by atoms with E-state index in [1.807, 2.05) is 0 Å². The Morgan fingerprint density at radius 1 is 1.30 bits per heavy atom. The van der Waals surface area contributed by atoms with Crippen molar-refractivity contribution in [3.8, 4) is 0 Å². The van der Waals surface area contributed by atoms with Crippen molar-refractivity contribution in [3.63, 3.8) is 0 Å². The molecule has 3 rings (SSSR count). The van der Waals surface area contributed by atoms with Gasteiger partial charge in [-0.05, 0) is 24.5 Å². The molecule has 3 heteroatoms. The molecule has 0 amide bonds. The molecule has 0 radical (unpaired) electrons. The van der Waals surface area contributed by atoms with Crippen molar-refractivity contribution in [1.29, 1.82) is 0 Å². The molecular formula is C17H22N2S. The summed E-state index contributed by atoms with van der Waals surface area (Å²) in [5, 5.41) is 7.13. The molecule has 1 unspecified atom stereocenters. The van der Waals surface area contributed by atoms with E-state index >= 15 is 0 Å². The van der Waals surface area contributed by atoms with E-state index in [1.165, 1.54) is 34.8 Å². The van der Waals surface area contributed by atoms with Crippen LogP contribution in [0.15, 0.2) is 29.6 Å². The van der Waals surface area contributed by atoms with Crippen molar-refractivity contribution in [2.45, 2.75) is 51.5 Å². The van der Waals surface area contributed by atoms with E-state index in [0.29, 0.717) is 6.04 Å². The van der Waals surface area contributed by atoms with Crippen LogP contribution < -0.4 is 5.32 Å². The van der Waals surface area contributed by atoms with E-state index in [2.05, 4.69) is 55.7 Å². The van der Waals surface area contributed by atoms with Gasteiger partial charge in [0.2, 0.25) is 0 Å². The van der Waals surface area contributed by atoms with E-state index in [-0.39, 0.29) is 5.41 Å². The fourth-order valence-electron chi connectivity index (χ4n) is 2.61. The molecule has 106 valence electrons. The van der Waals surface area contributed by atoms with Crippen LogP contribution in [0.1, 0.15) is 43.5 Å². The molecule has 1 aliphatic rings. The molecule has 1 aromatic heterocycles. The first kappa shape index (κ1) is 13.6. The predicted octanol–water partition coefficient (Wildman–Crippen LogP) is 4.41. The molecule has 0 saturated carbocycles. The highest BCUT2D eigenvalue weighted by molar-refractivity contribution is 7.09. The van der Waals surface area contributed by atoms with Crippen LogP contribution in [0, 0.1) is 0 Å². The third-order valence-corrected chi connectivity index (χ3v) is 4.75. The first-order chi connectivity index (χ1) is 9.52. The molecule has 0 bridgehead atoms. The number of nitrogens with one attached hydrogen (secondary N) is 1. The Balaban J connectivity index is 1.69. The highest BCUT2D eigenvalue weighted by Gasteiger charge is 2.21. The SMILES string of the molecule is CC(C)(C)c1csc(CC2CCc3ccccc3N2)n1. The number of hydrogen-bond acceptors (Lipinski definition) is 3. The molecule has 0 saturated heterocycles. The number of rotatable bonds is 2. The quantitative estimate of drug-likeness (QED) is 0.884. The van der Waals surface area contributed by atoms with Crippen LogP contribution >= 0.6 is 11.3 Å². The van der Waals surface area contributed by atoms with Crippen LogP contribution in [0.2, 0.25) is 0 Å². The lowest BCUT2D eigenvalue weighted by atomic mass is 9.93. The summed E-state index contributed by atoms with van der Waals surface area (Å²) in [4.78, 5) is 4.81. The molecule has 0 spiro atoms. The number of hydrogen-bond donors (Lipinski definition) is 1. The van der Waals surface area contributed by atoms with Crippen LogP contribution in [-0.4, -0.2) is 11.0 Å². The van der Waals surface area contributed by atoms with Gasteiger partial charge in [-0.15, -0.1) is 11.3 Å². The van der Waals surface area contributed by atoms with Gasteiger partial charge in [-0.1, -0.05) is 39.0 Å². The summed E-state index contributed by atoms with van der Waals surface area (Å²) in [7, 11) is 0. The average Bonchev–Trinajstić information content (AvgIpc) is 2.87. The average molecular weight is 286 g/mol. The van der Waals surface area contributed by atoms with Crippen LogP contribution in [0.3, 0.4) is 0 Å². The maximum Gasteiger partial charge on any atom is 0.0948 e. The van der Waals surface area contributed by atoms with Crippen molar-refractivity contribution in [2.24, 2.45) is 0 Å². The maximum atomic E-state index is 4.81. The Bertz CT molecular complexity index is 595. The van der Waals surface area contributed by atoms with Crippen LogP contribution in [-0.2, 0) is 18.3 Å². The minimum absolute atomic E-state index is 0.154. The van der Waals surface area contributed by atoms with Gasteiger partial charge >= 0.3 is 0 Å². The van der Waals surface area contributed by atoms with Gasteiger partial charge in [-0.25, -0.2) is 4.98 Å². The van der Waals surface area contributed by atoms with E-state index in [4.69, 9.17) is 4.98 Å². The summed E-state index contributed by atoms with van der Waals surface area (Å²) in [6, 6.07) is 9.15. The predicted molar refractivity (Wildman–Crippen MR) is 86.7 cm³/mol. The minimum Gasteiger partial charge on any atom is -0.382 e. The molecule has 2 aromatic rings. The van der Waals surface area contributed by atoms with Crippen LogP contribution in [0.25, 0.3) is 0 Å². The Morgan fingerprint density at radius 2 is 2.10 bits per heavy atom. The fourth-order valence-corrected chi connectivity index (χ4v) is 3.72. The Labute approximate surface area is 125 Å². The molecule has 0 aliphatic carbocycles. The summed E-state index contributed by atoms with van der Waals surface area (Å²) in [5.41, 5.74) is 4.12. The molecule has 2 nitrogen and oxygen atoms in total. The molecule has 0 fully saturated rings. The minimum atomic E-state index is 0.154. The van der Waals surface area contributed by atoms with Crippen molar-refractivity contribution in [2.75, 3.05) is 5.32 Å². The number of para-hydroxylation sites is 1. The summed E-state index contributed by atoms with van der Waals surface area (Å²) in [6.07, 6.45) is 3.40. The molecular weight excluding hydrogens is 264 g/mol. The summed E-state index contributed by atoms with van der Waals surface area (Å²) >= 11 is 1.80. The summed E-state index contributed by atoms with van der Waals surface area (Å²) in [6.45, 7) is 6.67. The second-order valence-electron chi connectivity index (χ2n) is 6.62. The first-order valence-electron chi connectivity index (χ1n) is 7.32. The lowest BCUT2D eigenvalue weighted by Gasteiger charge is -2.26. The number of thiazole rings is 1. The summed E-state index contributed by atoms with van der Waals surface area (Å²) in [5.74, 6) is 0. The van der Waals surface area contributed by atoms with Crippen LogP contribution in [0.5, 0.6) is 0 Å². The monoisotopic (exact) mass is 286 g/mol. The van der Waals surface area contributed by atoms with Gasteiger partial charge < -0.3 is 5.32 Å². The van der Waals surface area contributed by atoms with Gasteiger partial charge in [0.1, 0.15) is 0 Å². The smallest absolute Gasteiger partial charge is 0.0948 e. The largest absolute Gasteiger partial charge is 0.382 e. The lowest BCUT2D eigenvalue weighted by molar-refractivity contribution is 0.566. The highest BCUT2D eigenvalue weighted by Crippen LogP contribution is 2.28. The van der Waals surface area contributed by atoms with Gasteiger partial charge in [0.25, 0.3) is 0 Å². The Kier molecular flexibility index (Phi) is 3.55. The second-order valence-corrected chi connectivity index (χ2v) is 7.56. The van der Waals surface area contributed by atoms with Gasteiger partial charge in [-0.3, -0.25) is 0 Å². The molecule has 2 heterocycles. The number of aryl methyl sites for hydroxylation is 1. The van der Waals surface area contributed by atoms with E-state index in [9.17, 15) is 0 Å². The summed E-state index contributed by atoms with van der Waals surface area (Å²) < 4.78 is 0. The first-order valence-corrected chi connectivity index (χ1v) is 8.19. The number of benzene rings is 1. The van der Waals surface area contributed by atoms with Gasteiger partial charge in [0.15, 0.2) is 0 Å². The zero-order valence-corrected chi connectivity index (χ0v) is 13.3. The number of aromatic nitrogens is 1. The zero-order chi connectivity index (χ0) is 14.2.